The standard InChI is InChI=1S/C10H16BrN5O2/c1-15(2)10(18)13-5-4-12-7-6-14-16(3)9(17)8(7)11/h6,12H,4-5H2,1-3H3,(H,13,18). The molecule has 8 heteroatoms. The van der Waals surface area contributed by atoms with Gasteiger partial charge in [-0.1, -0.05) is 0 Å². The maximum absolute atomic E-state index is 11.6. The van der Waals surface area contributed by atoms with Crippen molar-refractivity contribution in [1.29, 1.82) is 0 Å². The Labute approximate surface area is 113 Å². The molecule has 0 atom stereocenters. The lowest BCUT2D eigenvalue weighted by molar-refractivity contribution is 0.218. The second-order valence-corrected chi connectivity index (χ2v) is 4.65. The molecule has 0 aliphatic heterocycles. The van der Waals surface area contributed by atoms with E-state index >= 15 is 0 Å². The number of rotatable bonds is 4. The largest absolute Gasteiger partial charge is 0.381 e. The fourth-order valence-electron chi connectivity index (χ4n) is 1.16. The van der Waals surface area contributed by atoms with Crippen LogP contribution in [0.5, 0.6) is 0 Å². The van der Waals surface area contributed by atoms with E-state index in [2.05, 4.69) is 31.7 Å². The summed E-state index contributed by atoms with van der Waals surface area (Å²) in [5.74, 6) is 0. The van der Waals surface area contributed by atoms with Gasteiger partial charge in [-0.25, -0.2) is 9.48 Å². The fourth-order valence-corrected chi connectivity index (χ4v) is 1.66. The molecule has 0 aliphatic carbocycles. The average Bonchev–Trinajstić information content (AvgIpc) is 2.33. The Bertz CT molecular complexity index is 486. The van der Waals surface area contributed by atoms with Crippen LogP contribution in [-0.2, 0) is 7.05 Å². The monoisotopic (exact) mass is 317 g/mol. The Morgan fingerprint density at radius 3 is 2.78 bits per heavy atom. The smallest absolute Gasteiger partial charge is 0.316 e. The highest BCUT2D eigenvalue weighted by Crippen LogP contribution is 2.14. The minimum atomic E-state index is -0.211. The molecule has 7 nitrogen and oxygen atoms in total. The second kappa shape index (κ2) is 6.39. The molecule has 0 saturated carbocycles. The number of aryl methyl sites for hydroxylation is 1. The molecule has 1 heterocycles. The van der Waals surface area contributed by atoms with Crippen molar-refractivity contribution in [3.8, 4) is 0 Å². The lowest BCUT2D eigenvalue weighted by atomic mass is 10.4. The van der Waals surface area contributed by atoms with Crippen LogP contribution in [0.1, 0.15) is 0 Å². The van der Waals surface area contributed by atoms with Crippen LogP contribution in [0.4, 0.5) is 10.5 Å². The molecule has 0 fully saturated rings. The maximum Gasteiger partial charge on any atom is 0.316 e. The molecule has 0 spiro atoms. The molecule has 0 radical (unpaired) electrons. The van der Waals surface area contributed by atoms with E-state index < -0.39 is 0 Å². The summed E-state index contributed by atoms with van der Waals surface area (Å²) < 4.78 is 1.67. The average molecular weight is 318 g/mol. The van der Waals surface area contributed by atoms with Gasteiger partial charge in [0.1, 0.15) is 4.47 Å². The molecule has 2 N–H and O–H groups in total. The van der Waals surface area contributed by atoms with Crippen LogP contribution >= 0.6 is 15.9 Å². The Kier molecular flexibility index (Phi) is 5.14. The summed E-state index contributed by atoms with van der Waals surface area (Å²) in [7, 11) is 4.92. The number of anilines is 1. The number of hydrogen-bond donors (Lipinski definition) is 2. The topological polar surface area (TPSA) is 79.3 Å². The lowest BCUT2D eigenvalue weighted by Gasteiger charge is -2.13. The van der Waals surface area contributed by atoms with Crippen molar-refractivity contribution in [2.24, 2.45) is 7.05 Å². The number of nitrogens with zero attached hydrogens (tertiary/aromatic N) is 3. The van der Waals surface area contributed by atoms with Gasteiger partial charge in [-0.15, -0.1) is 0 Å². The summed E-state index contributed by atoms with van der Waals surface area (Å²) in [6, 6.07) is -0.155. The first-order valence-corrected chi connectivity index (χ1v) is 6.13. The molecule has 1 aromatic rings. The Morgan fingerprint density at radius 2 is 2.17 bits per heavy atom. The van der Waals surface area contributed by atoms with Gasteiger partial charge in [-0.3, -0.25) is 4.79 Å². The van der Waals surface area contributed by atoms with Gasteiger partial charge in [0.05, 0.1) is 11.9 Å². The molecule has 1 aromatic heterocycles. The van der Waals surface area contributed by atoms with Crippen molar-refractivity contribution >= 4 is 27.6 Å². The van der Waals surface area contributed by atoms with Crippen LogP contribution in [0.25, 0.3) is 0 Å². The van der Waals surface area contributed by atoms with Gasteiger partial charge in [0.25, 0.3) is 5.56 Å². The number of urea groups is 1. The predicted octanol–water partition coefficient (Wildman–Crippen LogP) is 0.226. The van der Waals surface area contributed by atoms with Crippen molar-refractivity contribution in [3.05, 3.63) is 21.0 Å². The third-order valence-corrected chi connectivity index (χ3v) is 2.97. The van der Waals surface area contributed by atoms with Crippen LogP contribution in [-0.4, -0.2) is 47.9 Å². The van der Waals surface area contributed by atoms with Crippen LogP contribution < -0.4 is 16.2 Å². The van der Waals surface area contributed by atoms with Gasteiger partial charge in [0.2, 0.25) is 0 Å². The Balaban J connectivity index is 2.48. The van der Waals surface area contributed by atoms with Crippen LogP contribution in [0.3, 0.4) is 0 Å². The van der Waals surface area contributed by atoms with Crippen molar-refractivity contribution in [2.45, 2.75) is 0 Å². The quantitative estimate of drug-likeness (QED) is 0.779. The summed E-state index contributed by atoms with van der Waals surface area (Å²) in [5.41, 5.74) is 0.398. The molecule has 100 valence electrons. The number of carbonyl (C=O) groups excluding carboxylic acids is 1. The molecule has 0 aromatic carbocycles. The number of halogens is 1. The van der Waals surface area contributed by atoms with Crippen molar-refractivity contribution in [2.75, 3.05) is 32.5 Å². The zero-order valence-corrected chi connectivity index (χ0v) is 12.1. The highest BCUT2D eigenvalue weighted by molar-refractivity contribution is 9.10. The van der Waals surface area contributed by atoms with E-state index in [0.717, 1.165) is 0 Å². The third kappa shape index (κ3) is 3.73. The van der Waals surface area contributed by atoms with E-state index in [4.69, 9.17) is 0 Å². The third-order valence-electron chi connectivity index (χ3n) is 2.20. The number of carbonyl (C=O) groups is 1. The first-order chi connectivity index (χ1) is 8.43. The SMILES string of the molecule is CN(C)C(=O)NCCNc1cnn(C)c(=O)c1Br. The van der Waals surface area contributed by atoms with Gasteiger partial charge >= 0.3 is 6.03 Å². The Hall–Kier alpha value is -1.57. The number of amides is 2. The molecule has 1 rings (SSSR count). The first-order valence-electron chi connectivity index (χ1n) is 5.34. The molecule has 0 bridgehead atoms. The summed E-state index contributed by atoms with van der Waals surface area (Å²) in [4.78, 5) is 24.2. The van der Waals surface area contributed by atoms with Gasteiger partial charge in [0, 0.05) is 34.2 Å². The number of hydrogen-bond acceptors (Lipinski definition) is 4. The number of aromatic nitrogens is 2. The highest BCUT2D eigenvalue weighted by atomic mass is 79.9. The van der Waals surface area contributed by atoms with Gasteiger partial charge in [-0.2, -0.15) is 5.10 Å². The molecule has 0 unspecified atom stereocenters. The summed E-state index contributed by atoms with van der Waals surface area (Å²) in [5, 5.41) is 9.62. The van der Waals surface area contributed by atoms with Crippen molar-refractivity contribution in [3.63, 3.8) is 0 Å². The summed E-state index contributed by atoms with van der Waals surface area (Å²) in [6.45, 7) is 0.964. The molecule has 18 heavy (non-hydrogen) atoms. The summed E-state index contributed by atoms with van der Waals surface area (Å²) >= 11 is 3.20. The van der Waals surface area contributed by atoms with Gasteiger partial charge < -0.3 is 15.5 Å². The molecular weight excluding hydrogens is 302 g/mol. The predicted molar refractivity (Wildman–Crippen MR) is 72.8 cm³/mol. The van der Waals surface area contributed by atoms with Crippen LogP contribution in [0.2, 0.25) is 0 Å². The maximum atomic E-state index is 11.6. The van der Waals surface area contributed by atoms with E-state index in [9.17, 15) is 9.59 Å². The molecule has 0 aliphatic rings. The van der Waals surface area contributed by atoms with Crippen LogP contribution in [0.15, 0.2) is 15.5 Å². The van der Waals surface area contributed by atoms with E-state index in [1.807, 2.05) is 0 Å². The van der Waals surface area contributed by atoms with E-state index in [1.165, 1.54) is 9.58 Å². The first kappa shape index (κ1) is 14.5. The van der Waals surface area contributed by atoms with E-state index in [1.54, 1.807) is 27.3 Å². The zero-order valence-electron chi connectivity index (χ0n) is 10.5. The minimum absolute atomic E-state index is 0.155. The lowest BCUT2D eigenvalue weighted by Crippen LogP contribution is -2.37. The molecule has 0 saturated heterocycles. The summed E-state index contributed by atoms with van der Waals surface area (Å²) in [6.07, 6.45) is 1.55. The van der Waals surface area contributed by atoms with E-state index in [0.29, 0.717) is 23.2 Å². The normalized spacial score (nSPS) is 10.0. The molecular formula is C10H16BrN5O2. The molecule has 2 amide bonds. The van der Waals surface area contributed by atoms with Crippen molar-refractivity contribution < 1.29 is 4.79 Å². The zero-order chi connectivity index (χ0) is 13.7. The van der Waals surface area contributed by atoms with Crippen LogP contribution in [0, 0.1) is 0 Å². The number of nitrogens with one attached hydrogen (secondary N) is 2. The van der Waals surface area contributed by atoms with Gasteiger partial charge in [0.15, 0.2) is 0 Å². The second-order valence-electron chi connectivity index (χ2n) is 3.85. The minimum Gasteiger partial charge on any atom is -0.381 e. The highest BCUT2D eigenvalue weighted by Gasteiger charge is 2.06. The fraction of sp³-hybridized carbons (Fsp3) is 0.500. The van der Waals surface area contributed by atoms with Crippen molar-refractivity contribution in [1.82, 2.24) is 20.0 Å². The van der Waals surface area contributed by atoms with Gasteiger partial charge in [-0.05, 0) is 15.9 Å². The van der Waals surface area contributed by atoms with E-state index in [-0.39, 0.29) is 11.6 Å². The Morgan fingerprint density at radius 1 is 1.50 bits per heavy atom.